The van der Waals surface area contributed by atoms with Crippen LogP contribution in [0.25, 0.3) is 0 Å². The summed E-state index contributed by atoms with van der Waals surface area (Å²) in [6.45, 7) is 5.62. The lowest BCUT2D eigenvalue weighted by atomic mass is 10.3. The van der Waals surface area contributed by atoms with E-state index < -0.39 is 12.1 Å². The first-order valence-corrected chi connectivity index (χ1v) is 6.30. The molecule has 0 saturated carbocycles. The molecular weight excluding hydrogens is 295 g/mol. The second-order valence-electron chi connectivity index (χ2n) is 4.43. The van der Waals surface area contributed by atoms with Gasteiger partial charge in [-0.2, -0.15) is 13.2 Å². The molecule has 1 saturated heterocycles. The molecule has 4 N–H and O–H groups in total. The maximum Gasteiger partial charge on any atom is 0.490 e. The second-order valence-corrected chi connectivity index (χ2v) is 4.43. The Hall–Kier alpha value is -1.39. The van der Waals surface area contributed by atoms with E-state index in [4.69, 9.17) is 20.7 Å². The summed E-state index contributed by atoms with van der Waals surface area (Å²) in [5.41, 5.74) is 5.08. The quantitative estimate of drug-likeness (QED) is 0.607. The average Bonchev–Trinajstić information content (AvgIpc) is 2.38. The van der Waals surface area contributed by atoms with E-state index in [0.717, 1.165) is 39.3 Å². The molecule has 0 bridgehead atoms. The van der Waals surface area contributed by atoms with E-state index in [9.17, 15) is 18.0 Å². The Balaban J connectivity index is 0.000000486. The molecule has 0 aromatic heterocycles. The normalized spacial score (nSPS) is 17.0. The zero-order chi connectivity index (χ0) is 16.5. The largest absolute Gasteiger partial charge is 0.490 e. The van der Waals surface area contributed by atoms with Gasteiger partial charge in [-0.05, 0) is 0 Å². The molecule has 7 nitrogen and oxygen atoms in total. The molecule has 0 aromatic rings. The van der Waals surface area contributed by atoms with E-state index in [2.05, 4.69) is 9.80 Å². The fraction of sp³-hybridized carbons (Fsp3) is 0.818. The van der Waals surface area contributed by atoms with Gasteiger partial charge in [0.25, 0.3) is 0 Å². The van der Waals surface area contributed by atoms with Crippen molar-refractivity contribution in [3.8, 4) is 0 Å². The van der Waals surface area contributed by atoms with Crippen molar-refractivity contribution in [2.75, 3.05) is 45.9 Å². The van der Waals surface area contributed by atoms with Crippen molar-refractivity contribution in [3.63, 3.8) is 0 Å². The summed E-state index contributed by atoms with van der Waals surface area (Å²) in [5, 5.41) is 15.9. The summed E-state index contributed by atoms with van der Waals surface area (Å²) < 4.78 is 31.7. The highest BCUT2D eigenvalue weighted by Gasteiger charge is 2.38. The minimum atomic E-state index is -5.08. The summed E-state index contributed by atoms with van der Waals surface area (Å²) >= 11 is 0. The molecule has 10 heteroatoms. The van der Waals surface area contributed by atoms with E-state index in [-0.39, 0.29) is 12.5 Å². The average molecular weight is 315 g/mol. The standard InChI is InChI=1S/C9H19N3O2.C2HF3O2/c10-9(14)1-2-11-3-5-12(6-4-11)7-8-13;3-2(4,5)1(6)7/h13H,1-8H2,(H2,10,14);(H,6,7). The molecule has 0 aliphatic carbocycles. The minimum Gasteiger partial charge on any atom is -0.475 e. The lowest BCUT2D eigenvalue weighted by Crippen LogP contribution is -2.47. The number of carboxylic acid groups (broad SMARTS) is 1. The van der Waals surface area contributed by atoms with Gasteiger partial charge in [0.15, 0.2) is 0 Å². The molecule has 1 aliphatic rings. The number of nitrogens with two attached hydrogens (primary N) is 1. The molecule has 1 rings (SSSR count). The first-order valence-electron chi connectivity index (χ1n) is 6.30. The van der Waals surface area contributed by atoms with Crippen molar-refractivity contribution in [3.05, 3.63) is 0 Å². The monoisotopic (exact) mass is 315 g/mol. The van der Waals surface area contributed by atoms with E-state index in [1.165, 1.54) is 0 Å². The number of hydrogen-bond acceptors (Lipinski definition) is 5. The molecular formula is C11H20F3N3O4. The minimum absolute atomic E-state index is 0.223. The number of aliphatic hydroxyl groups is 1. The van der Waals surface area contributed by atoms with Crippen molar-refractivity contribution in [2.45, 2.75) is 12.6 Å². The second kappa shape index (κ2) is 9.53. The number of halogens is 3. The Morgan fingerprint density at radius 1 is 1.05 bits per heavy atom. The van der Waals surface area contributed by atoms with Crippen LogP contribution in [0.1, 0.15) is 6.42 Å². The van der Waals surface area contributed by atoms with E-state index in [0.29, 0.717) is 6.42 Å². The zero-order valence-corrected chi connectivity index (χ0v) is 11.5. The van der Waals surface area contributed by atoms with Gasteiger partial charge >= 0.3 is 12.1 Å². The molecule has 1 amide bonds. The molecule has 124 valence electrons. The Morgan fingerprint density at radius 2 is 1.43 bits per heavy atom. The Bertz CT molecular complexity index is 331. The third-order valence-corrected chi connectivity index (χ3v) is 2.80. The fourth-order valence-electron chi connectivity index (χ4n) is 1.65. The number of carbonyl (C=O) groups excluding carboxylic acids is 1. The SMILES string of the molecule is NC(=O)CCN1CCN(CCO)CC1.O=C(O)C(F)(F)F. The van der Waals surface area contributed by atoms with Crippen LogP contribution in [-0.4, -0.2) is 83.9 Å². The number of piperazine rings is 1. The Kier molecular flexibility index (Phi) is 8.90. The van der Waals surface area contributed by atoms with Gasteiger partial charge in [-0.15, -0.1) is 0 Å². The Morgan fingerprint density at radius 3 is 1.71 bits per heavy atom. The smallest absolute Gasteiger partial charge is 0.475 e. The Labute approximate surface area is 120 Å². The highest BCUT2D eigenvalue weighted by molar-refractivity contribution is 5.73. The highest BCUT2D eigenvalue weighted by Crippen LogP contribution is 2.13. The maximum absolute atomic E-state index is 10.6. The number of β-amino-alcohol motifs (C(OH)–C–C–N with tert-alkyl or cyclic N) is 1. The number of aliphatic hydroxyl groups excluding tert-OH is 1. The van der Waals surface area contributed by atoms with Crippen LogP contribution in [0.5, 0.6) is 0 Å². The van der Waals surface area contributed by atoms with Crippen LogP contribution in [-0.2, 0) is 9.59 Å². The summed E-state index contributed by atoms with van der Waals surface area (Å²) in [7, 11) is 0. The summed E-state index contributed by atoms with van der Waals surface area (Å²) in [4.78, 5) is 23.9. The number of hydrogen-bond donors (Lipinski definition) is 3. The first kappa shape index (κ1) is 19.6. The lowest BCUT2D eigenvalue weighted by molar-refractivity contribution is -0.192. The molecule has 0 atom stereocenters. The lowest BCUT2D eigenvalue weighted by Gasteiger charge is -2.34. The van der Waals surface area contributed by atoms with Gasteiger partial charge in [-0.1, -0.05) is 0 Å². The molecule has 1 fully saturated rings. The van der Waals surface area contributed by atoms with Gasteiger partial charge in [0.2, 0.25) is 5.91 Å². The van der Waals surface area contributed by atoms with E-state index >= 15 is 0 Å². The molecule has 1 heterocycles. The molecule has 0 aromatic carbocycles. The van der Waals surface area contributed by atoms with Crippen LogP contribution in [0, 0.1) is 0 Å². The fourth-order valence-corrected chi connectivity index (χ4v) is 1.65. The number of alkyl halides is 3. The van der Waals surface area contributed by atoms with Crippen LogP contribution in [0.3, 0.4) is 0 Å². The van der Waals surface area contributed by atoms with Crippen LogP contribution in [0.2, 0.25) is 0 Å². The topological polar surface area (TPSA) is 107 Å². The van der Waals surface area contributed by atoms with Gasteiger partial charge in [0.05, 0.1) is 6.61 Å². The number of carboxylic acids is 1. The number of nitrogens with zero attached hydrogens (tertiary/aromatic N) is 2. The third kappa shape index (κ3) is 10.0. The van der Waals surface area contributed by atoms with Gasteiger partial charge in [0, 0.05) is 45.7 Å². The van der Waals surface area contributed by atoms with Gasteiger partial charge in [-0.3, -0.25) is 9.69 Å². The molecule has 0 unspecified atom stereocenters. The number of aliphatic carboxylic acids is 1. The zero-order valence-electron chi connectivity index (χ0n) is 11.5. The first-order chi connectivity index (χ1) is 9.66. The molecule has 0 radical (unpaired) electrons. The predicted octanol–water partition coefficient (Wildman–Crippen LogP) is -0.895. The molecule has 0 spiro atoms. The predicted molar refractivity (Wildman–Crippen MR) is 67.5 cm³/mol. The molecule has 1 aliphatic heterocycles. The summed E-state index contributed by atoms with van der Waals surface area (Å²) in [6.07, 6.45) is -4.64. The van der Waals surface area contributed by atoms with Gasteiger partial charge in [0.1, 0.15) is 0 Å². The van der Waals surface area contributed by atoms with Crippen molar-refractivity contribution >= 4 is 11.9 Å². The van der Waals surface area contributed by atoms with Crippen LogP contribution < -0.4 is 5.73 Å². The van der Waals surface area contributed by atoms with E-state index in [1.807, 2.05) is 0 Å². The van der Waals surface area contributed by atoms with E-state index in [1.54, 1.807) is 0 Å². The van der Waals surface area contributed by atoms with Crippen molar-refractivity contribution in [1.82, 2.24) is 9.80 Å². The number of amides is 1. The van der Waals surface area contributed by atoms with Crippen molar-refractivity contribution < 1.29 is 33.0 Å². The molecule has 21 heavy (non-hydrogen) atoms. The third-order valence-electron chi connectivity index (χ3n) is 2.80. The highest BCUT2D eigenvalue weighted by atomic mass is 19.4. The van der Waals surface area contributed by atoms with Gasteiger partial charge in [-0.25, -0.2) is 4.79 Å². The summed E-state index contributed by atoms with van der Waals surface area (Å²) in [6, 6.07) is 0. The van der Waals surface area contributed by atoms with Crippen LogP contribution >= 0.6 is 0 Å². The number of rotatable bonds is 5. The van der Waals surface area contributed by atoms with Crippen molar-refractivity contribution in [2.24, 2.45) is 5.73 Å². The van der Waals surface area contributed by atoms with Crippen LogP contribution in [0.4, 0.5) is 13.2 Å². The van der Waals surface area contributed by atoms with Crippen molar-refractivity contribution in [1.29, 1.82) is 0 Å². The van der Waals surface area contributed by atoms with Gasteiger partial charge < -0.3 is 20.8 Å². The number of primary amides is 1. The van der Waals surface area contributed by atoms with Crippen LogP contribution in [0.15, 0.2) is 0 Å². The number of carbonyl (C=O) groups is 2. The maximum atomic E-state index is 10.6. The summed E-state index contributed by atoms with van der Waals surface area (Å²) in [5.74, 6) is -2.99.